The molecule has 1 aliphatic carbocycles. The fraction of sp³-hybridized carbons (Fsp3) is 0.571. The number of thioether (sulfide) groups is 1. The summed E-state index contributed by atoms with van der Waals surface area (Å²) in [6, 6.07) is 6.17. The number of aliphatic hydroxyl groups is 1. The number of halogens is 1. The van der Waals surface area contributed by atoms with Crippen LogP contribution in [0.4, 0.5) is 0 Å². The molecule has 0 spiro atoms. The molecule has 1 aromatic carbocycles. The molecule has 1 atom stereocenters. The Kier molecular flexibility index (Phi) is 4.95. The third-order valence-electron chi connectivity index (χ3n) is 3.27. The van der Waals surface area contributed by atoms with E-state index in [4.69, 9.17) is 0 Å². The first-order valence-corrected chi connectivity index (χ1v) is 7.98. The molecule has 0 radical (unpaired) electrons. The van der Waals surface area contributed by atoms with Gasteiger partial charge >= 0.3 is 0 Å². The van der Waals surface area contributed by atoms with Crippen molar-refractivity contribution in [3.63, 3.8) is 0 Å². The largest absolute Gasteiger partial charge is 0.389 e. The van der Waals surface area contributed by atoms with Gasteiger partial charge in [0.15, 0.2) is 0 Å². The fourth-order valence-corrected chi connectivity index (χ4v) is 4.33. The molecule has 17 heavy (non-hydrogen) atoms. The van der Waals surface area contributed by atoms with Crippen LogP contribution in [0.25, 0.3) is 0 Å². The van der Waals surface area contributed by atoms with Crippen LogP contribution in [0.3, 0.4) is 0 Å². The molecule has 0 bridgehead atoms. The van der Waals surface area contributed by atoms with Crippen LogP contribution in [0.5, 0.6) is 0 Å². The smallest absolute Gasteiger partial charge is 0.0772 e. The molecule has 1 N–H and O–H groups in total. The second-order valence-electron chi connectivity index (χ2n) is 4.74. The van der Waals surface area contributed by atoms with E-state index in [9.17, 15) is 5.11 Å². The van der Waals surface area contributed by atoms with E-state index in [1.54, 1.807) is 0 Å². The van der Waals surface area contributed by atoms with E-state index >= 15 is 0 Å². The average Bonchev–Trinajstić information content (AvgIpc) is 2.30. The van der Waals surface area contributed by atoms with Crippen molar-refractivity contribution in [1.82, 2.24) is 0 Å². The molecule has 0 aliphatic heterocycles. The highest BCUT2D eigenvalue weighted by atomic mass is 79.9. The van der Waals surface area contributed by atoms with Crippen LogP contribution in [-0.4, -0.2) is 10.4 Å². The summed E-state index contributed by atoms with van der Waals surface area (Å²) < 4.78 is 1.10. The van der Waals surface area contributed by atoms with Gasteiger partial charge in [-0.15, -0.1) is 11.8 Å². The summed E-state index contributed by atoms with van der Waals surface area (Å²) in [6.45, 7) is 1.84. The van der Waals surface area contributed by atoms with E-state index in [2.05, 4.69) is 22.0 Å². The summed E-state index contributed by atoms with van der Waals surface area (Å²) in [6.07, 6.45) is 6.35. The Morgan fingerprint density at radius 1 is 1.29 bits per heavy atom. The molecule has 0 aromatic heterocycles. The van der Waals surface area contributed by atoms with Gasteiger partial charge in [0, 0.05) is 14.6 Å². The minimum atomic E-state index is -0.380. The maximum absolute atomic E-state index is 9.80. The minimum absolute atomic E-state index is 0.380. The summed E-state index contributed by atoms with van der Waals surface area (Å²) in [5.41, 5.74) is 1.06. The van der Waals surface area contributed by atoms with Crippen LogP contribution in [0.15, 0.2) is 27.6 Å². The minimum Gasteiger partial charge on any atom is -0.389 e. The lowest BCUT2D eigenvalue weighted by atomic mass is 10.0. The number of hydrogen-bond donors (Lipinski definition) is 1. The van der Waals surface area contributed by atoms with Crippen molar-refractivity contribution in [1.29, 1.82) is 0 Å². The average molecular weight is 315 g/mol. The maximum atomic E-state index is 9.80. The SMILES string of the molecule is CC(O)c1ccc(Br)cc1SC1CCCCC1. The van der Waals surface area contributed by atoms with Crippen molar-refractivity contribution in [2.24, 2.45) is 0 Å². The van der Waals surface area contributed by atoms with Crippen LogP contribution >= 0.6 is 27.7 Å². The lowest BCUT2D eigenvalue weighted by Crippen LogP contribution is -2.08. The molecule has 1 fully saturated rings. The quantitative estimate of drug-likeness (QED) is 0.853. The summed E-state index contributed by atoms with van der Waals surface area (Å²) in [5.74, 6) is 0. The third-order valence-corrected chi connectivity index (χ3v) is 5.18. The van der Waals surface area contributed by atoms with Crippen LogP contribution in [0, 0.1) is 0 Å². The molecule has 3 heteroatoms. The van der Waals surface area contributed by atoms with E-state index in [1.807, 2.05) is 30.8 Å². The molecule has 1 unspecified atom stereocenters. The van der Waals surface area contributed by atoms with Gasteiger partial charge in [-0.05, 0) is 37.5 Å². The lowest BCUT2D eigenvalue weighted by Gasteiger charge is -2.23. The molecule has 1 nitrogen and oxygen atoms in total. The van der Waals surface area contributed by atoms with Gasteiger partial charge < -0.3 is 5.11 Å². The Labute approximate surface area is 116 Å². The van der Waals surface area contributed by atoms with Crippen molar-refractivity contribution in [2.75, 3.05) is 0 Å². The first-order valence-electron chi connectivity index (χ1n) is 6.31. The van der Waals surface area contributed by atoms with Crippen LogP contribution in [0.2, 0.25) is 0 Å². The topological polar surface area (TPSA) is 20.2 Å². The Morgan fingerprint density at radius 2 is 2.00 bits per heavy atom. The zero-order valence-electron chi connectivity index (χ0n) is 10.2. The molecule has 2 rings (SSSR count). The highest BCUT2D eigenvalue weighted by molar-refractivity contribution is 9.10. The van der Waals surface area contributed by atoms with Gasteiger partial charge in [0.05, 0.1) is 6.10 Å². The van der Waals surface area contributed by atoms with Crippen LogP contribution in [0.1, 0.15) is 50.7 Å². The van der Waals surface area contributed by atoms with Gasteiger partial charge in [-0.3, -0.25) is 0 Å². The zero-order chi connectivity index (χ0) is 12.3. The van der Waals surface area contributed by atoms with Crippen molar-refractivity contribution < 1.29 is 5.11 Å². The molecule has 1 aliphatic rings. The molecule has 0 heterocycles. The molecular formula is C14H19BrOS. The number of aliphatic hydroxyl groups excluding tert-OH is 1. The van der Waals surface area contributed by atoms with Gasteiger partial charge in [-0.1, -0.05) is 41.3 Å². The van der Waals surface area contributed by atoms with Crippen molar-refractivity contribution in [3.05, 3.63) is 28.2 Å². The number of benzene rings is 1. The standard InChI is InChI=1S/C14H19BrOS/c1-10(16)13-8-7-11(15)9-14(13)17-12-5-3-2-4-6-12/h7-10,12,16H,2-6H2,1H3. The van der Waals surface area contributed by atoms with E-state index in [1.165, 1.54) is 37.0 Å². The zero-order valence-corrected chi connectivity index (χ0v) is 12.6. The Morgan fingerprint density at radius 3 is 2.65 bits per heavy atom. The molecular weight excluding hydrogens is 296 g/mol. The normalized spacial score (nSPS) is 19.2. The lowest BCUT2D eigenvalue weighted by molar-refractivity contribution is 0.196. The summed E-state index contributed by atoms with van der Waals surface area (Å²) in [4.78, 5) is 1.24. The second kappa shape index (κ2) is 6.26. The van der Waals surface area contributed by atoms with Crippen molar-refractivity contribution in [3.8, 4) is 0 Å². The van der Waals surface area contributed by atoms with E-state index < -0.39 is 0 Å². The molecule has 0 saturated heterocycles. The monoisotopic (exact) mass is 314 g/mol. The van der Waals surface area contributed by atoms with Gasteiger partial charge in [-0.25, -0.2) is 0 Å². The Hall–Kier alpha value is 0.01000. The van der Waals surface area contributed by atoms with Gasteiger partial charge in [0.1, 0.15) is 0 Å². The highest BCUT2D eigenvalue weighted by Gasteiger charge is 2.17. The highest BCUT2D eigenvalue weighted by Crippen LogP contribution is 2.38. The maximum Gasteiger partial charge on any atom is 0.0772 e. The summed E-state index contributed by atoms with van der Waals surface area (Å²) in [7, 11) is 0. The molecule has 0 amide bonds. The summed E-state index contributed by atoms with van der Waals surface area (Å²) in [5, 5.41) is 10.5. The Balaban J connectivity index is 2.14. The Bertz CT molecular complexity index is 372. The van der Waals surface area contributed by atoms with Crippen molar-refractivity contribution >= 4 is 27.7 Å². The van der Waals surface area contributed by atoms with Crippen LogP contribution < -0.4 is 0 Å². The van der Waals surface area contributed by atoms with Gasteiger partial charge in [0.25, 0.3) is 0 Å². The molecule has 94 valence electrons. The summed E-state index contributed by atoms with van der Waals surface area (Å²) >= 11 is 5.46. The van der Waals surface area contributed by atoms with E-state index in [-0.39, 0.29) is 6.10 Å². The first kappa shape index (κ1) is 13.4. The van der Waals surface area contributed by atoms with Crippen molar-refractivity contribution in [2.45, 2.75) is 55.3 Å². The van der Waals surface area contributed by atoms with E-state index in [0.29, 0.717) is 0 Å². The number of hydrogen-bond acceptors (Lipinski definition) is 2. The second-order valence-corrected chi connectivity index (χ2v) is 6.99. The van der Waals surface area contributed by atoms with Crippen LogP contribution in [-0.2, 0) is 0 Å². The molecule has 1 aromatic rings. The first-order chi connectivity index (χ1) is 8.16. The number of rotatable bonds is 3. The predicted molar refractivity (Wildman–Crippen MR) is 77.5 cm³/mol. The predicted octanol–water partition coefficient (Wildman–Crippen LogP) is 4.93. The van der Waals surface area contributed by atoms with Gasteiger partial charge in [0.2, 0.25) is 0 Å². The molecule has 1 saturated carbocycles. The van der Waals surface area contributed by atoms with E-state index in [0.717, 1.165) is 15.3 Å². The van der Waals surface area contributed by atoms with Gasteiger partial charge in [-0.2, -0.15) is 0 Å². The fourth-order valence-electron chi connectivity index (χ4n) is 2.32. The third kappa shape index (κ3) is 3.73.